The molecule has 1 aliphatic rings. The van der Waals surface area contributed by atoms with Crippen LogP contribution in [0, 0.1) is 13.0 Å². The van der Waals surface area contributed by atoms with Gasteiger partial charge in [-0.2, -0.15) is 12.5 Å². The van der Waals surface area contributed by atoms with Gasteiger partial charge in [0.25, 0.3) is 0 Å². The molecule has 0 unspecified atom stereocenters. The SMILES string of the molecule is [C-]1=CC=CC1.[CH2-]CCC.[I-].[I-].[I-].[Zr+3]. The van der Waals surface area contributed by atoms with Crippen LogP contribution in [-0.2, 0) is 26.2 Å². The maximum absolute atomic E-state index is 3.60. The van der Waals surface area contributed by atoms with Gasteiger partial charge >= 0.3 is 26.2 Å². The second-order valence-corrected chi connectivity index (χ2v) is 1.86. The van der Waals surface area contributed by atoms with Crippen molar-refractivity contribution >= 4 is 0 Å². The maximum atomic E-state index is 3.60. The van der Waals surface area contributed by atoms with Crippen molar-refractivity contribution in [1.82, 2.24) is 0 Å². The summed E-state index contributed by atoms with van der Waals surface area (Å²) < 4.78 is 0. The van der Waals surface area contributed by atoms with Gasteiger partial charge in [0.2, 0.25) is 0 Å². The zero-order valence-corrected chi connectivity index (χ0v) is 16.6. The molecule has 0 amide bonds. The van der Waals surface area contributed by atoms with E-state index in [9.17, 15) is 0 Å². The van der Waals surface area contributed by atoms with Gasteiger partial charge in [0.15, 0.2) is 0 Å². The molecule has 1 radical (unpaired) electrons. The molecule has 0 aromatic heterocycles. The van der Waals surface area contributed by atoms with Crippen LogP contribution in [0.2, 0.25) is 0 Å². The van der Waals surface area contributed by atoms with Crippen LogP contribution < -0.4 is 71.9 Å². The van der Waals surface area contributed by atoms with Crippen molar-refractivity contribution in [2.75, 3.05) is 0 Å². The number of halogens is 3. The molecule has 0 heterocycles. The van der Waals surface area contributed by atoms with Gasteiger partial charge in [0.05, 0.1) is 0 Å². The number of hydrogen-bond donors (Lipinski definition) is 0. The minimum absolute atomic E-state index is 0. The van der Waals surface area contributed by atoms with Gasteiger partial charge in [-0.1, -0.05) is 13.3 Å². The van der Waals surface area contributed by atoms with Crippen LogP contribution in [0.1, 0.15) is 26.2 Å². The van der Waals surface area contributed by atoms with E-state index in [-0.39, 0.29) is 98.1 Å². The molecule has 0 N–H and O–H groups in total. The van der Waals surface area contributed by atoms with Crippen molar-refractivity contribution in [3.05, 3.63) is 31.2 Å². The van der Waals surface area contributed by atoms with Crippen molar-refractivity contribution in [2.24, 2.45) is 0 Å². The second kappa shape index (κ2) is 29.3. The van der Waals surface area contributed by atoms with Gasteiger partial charge in [-0.05, 0) is 0 Å². The zero-order valence-electron chi connectivity index (χ0n) is 7.69. The minimum Gasteiger partial charge on any atom is -1.00 e. The first-order chi connectivity index (χ1) is 4.41. The Hall–Kier alpha value is 2.55. The number of hydrogen-bond acceptors (Lipinski definition) is 0. The summed E-state index contributed by atoms with van der Waals surface area (Å²) in [4.78, 5) is 0. The topological polar surface area (TPSA) is 0 Å². The maximum Gasteiger partial charge on any atom is 3.00 e. The Morgan fingerprint density at radius 3 is 1.85 bits per heavy atom. The summed E-state index contributed by atoms with van der Waals surface area (Å²) in [6, 6.07) is 0. The fourth-order valence-electron chi connectivity index (χ4n) is 0.340. The summed E-state index contributed by atoms with van der Waals surface area (Å²) in [5.74, 6) is 0. The fourth-order valence-corrected chi connectivity index (χ4v) is 0.340. The van der Waals surface area contributed by atoms with E-state index in [0.717, 1.165) is 12.8 Å². The predicted molar refractivity (Wildman–Crippen MR) is 41.8 cm³/mol. The molecule has 0 bridgehead atoms. The summed E-state index contributed by atoms with van der Waals surface area (Å²) in [7, 11) is 0. The molecule has 0 fully saturated rings. The Morgan fingerprint density at radius 1 is 1.31 bits per heavy atom. The van der Waals surface area contributed by atoms with Crippen LogP contribution in [0.4, 0.5) is 0 Å². The quantitative estimate of drug-likeness (QED) is 0.210. The van der Waals surface area contributed by atoms with Crippen LogP contribution in [0.5, 0.6) is 0 Å². The molecular weight excluding hydrogens is 580 g/mol. The van der Waals surface area contributed by atoms with E-state index in [1.165, 1.54) is 6.42 Å². The van der Waals surface area contributed by atoms with Crippen LogP contribution in [0.25, 0.3) is 0 Å². The Balaban J connectivity index is -0.0000000256. The third-order valence-corrected chi connectivity index (χ3v) is 0.939. The van der Waals surface area contributed by atoms with Gasteiger partial charge in [-0.15, -0.1) is 6.42 Å². The molecule has 0 atom stereocenters. The average Bonchev–Trinajstić information content (AvgIpc) is 2.43. The molecule has 13 heavy (non-hydrogen) atoms. The third-order valence-electron chi connectivity index (χ3n) is 0.939. The first-order valence-corrected chi connectivity index (χ1v) is 3.42. The summed E-state index contributed by atoms with van der Waals surface area (Å²) in [5, 5.41) is 0. The molecule has 0 spiro atoms. The number of rotatable bonds is 1. The van der Waals surface area contributed by atoms with Gasteiger partial charge < -0.3 is 78.9 Å². The summed E-state index contributed by atoms with van der Waals surface area (Å²) >= 11 is 0. The van der Waals surface area contributed by atoms with Crippen LogP contribution in [0.3, 0.4) is 0 Å². The molecule has 4 heteroatoms. The minimum atomic E-state index is 0. The largest absolute Gasteiger partial charge is 3.00 e. The standard InChI is InChI=1S/C5H5.C4H9.3HI.Zr/c1-2-4-5-3-1;1-3-4-2;;;;/h1-3H,4H2;1,3-4H2,2H3;3*1H;/q2*-1;;;;+3/p-3. The smallest absolute Gasteiger partial charge is 1.00 e. The summed E-state index contributed by atoms with van der Waals surface area (Å²) in [6.07, 6.45) is 12.3. The van der Waals surface area contributed by atoms with E-state index in [1.807, 2.05) is 12.2 Å². The Labute approximate surface area is 153 Å². The van der Waals surface area contributed by atoms with Gasteiger partial charge in [-0.3, -0.25) is 6.08 Å². The van der Waals surface area contributed by atoms with Gasteiger partial charge in [0.1, 0.15) is 0 Å². The van der Waals surface area contributed by atoms with Crippen molar-refractivity contribution in [1.29, 1.82) is 0 Å². The number of allylic oxidation sites excluding steroid dienone is 4. The molecule has 0 saturated heterocycles. The molecule has 1 rings (SSSR count). The zero-order chi connectivity index (χ0) is 6.95. The van der Waals surface area contributed by atoms with E-state index < -0.39 is 0 Å². The molecule has 0 aliphatic heterocycles. The van der Waals surface area contributed by atoms with Crippen molar-refractivity contribution in [3.8, 4) is 0 Å². The monoisotopic (exact) mass is 593 g/mol. The molecule has 77 valence electrons. The van der Waals surface area contributed by atoms with E-state index in [4.69, 9.17) is 0 Å². The Kier molecular flexibility index (Phi) is 66.6. The molecule has 0 aromatic rings. The van der Waals surface area contributed by atoms with Gasteiger partial charge in [-0.25, -0.2) is 12.2 Å². The van der Waals surface area contributed by atoms with E-state index >= 15 is 0 Å². The van der Waals surface area contributed by atoms with Crippen molar-refractivity contribution in [2.45, 2.75) is 26.2 Å². The van der Waals surface area contributed by atoms with E-state index in [1.54, 1.807) is 0 Å². The van der Waals surface area contributed by atoms with Gasteiger partial charge in [0, 0.05) is 0 Å². The van der Waals surface area contributed by atoms with E-state index in [2.05, 4.69) is 26.0 Å². The van der Waals surface area contributed by atoms with Crippen LogP contribution in [-0.4, -0.2) is 0 Å². The molecule has 1 aliphatic carbocycles. The first-order valence-electron chi connectivity index (χ1n) is 3.42. The normalized spacial score (nSPS) is 9.08. The molecular formula is C9H14I3Zr-2. The van der Waals surface area contributed by atoms with Crippen molar-refractivity contribution < 1.29 is 98.1 Å². The predicted octanol–water partition coefficient (Wildman–Crippen LogP) is -6.06. The Bertz CT molecular complexity index is 91.0. The summed E-state index contributed by atoms with van der Waals surface area (Å²) in [5.41, 5.74) is 0. The van der Waals surface area contributed by atoms with Crippen molar-refractivity contribution in [3.63, 3.8) is 0 Å². The number of unbranched alkanes of at least 4 members (excludes halogenated alkanes) is 1. The van der Waals surface area contributed by atoms with E-state index in [0.29, 0.717) is 0 Å². The Morgan fingerprint density at radius 2 is 1.77 bits per heavy atom. The molecule has 0 saturated carbocycles. The first kappa shape index (κ1) is 29.6. The summed E-state index contributed by atoms with van der Waals surface area (Å²) in [6.45, 7) is 5.72. The fraction of sp³-hybridized carbons (Fsp3) is 0.444. The molecule has 0 aromatic carbocycles. The van der Waals surface area contributed by atoms with Crippen LogP contribution >= 0.6 is 0 Å². The third kappa shape index (κ3) is 31.3. The van der Waals surface area contributed by atoms with Crippen LogP contribution in [0.15, 0.2) is 18.2 Å². The second-order valence-electron chi connectivity index (χ2n) is 1.86. The average molecular weight is 594 g/mol. The molecule has 0 nitrogen and oxygen atoms in total.